The van der Waals surface area contributed by atoms with Gasteiger partial charge in [0.1, 0.15) is 23.6 Å². The molecular weight excluding hydrogens is 338 g/mol. The topological polar surface area (TPSA) is 95.7 Å². The summed E-state index contributed by atoms with van der Waals surface area (Å²) < 4.78 is 7.17. The molecule has 8 nitrogen and oxygen atoms in total. The van der Waals surface area contributed by atoms with Crippen LogP contribution in [0.5, 0.6) is 5.75 Å². The molecule has 0 aromatic heterocycles. The van der Waals surface area contributed by atoms with Gasteiger partial charge in [0.25, 0.3) is 0 Å². The Labute approximate surface area is 150 Å². The van der Waals surface area contributed by atoms with Crippen molar-refractivity contribution in [1.29, 1.82) is 0 Å². The summed E-state index contributed by atoms with van der Waals surface area (Å²) in [5.74, 6) is 0.654. The van der Waals surface area contributed by atoms with Crippen LogP contribution in [-0.2, 0) is 29.3 Å². The van der Waals surface area contributed by atoms with Crippen LogP contribution in [0, 0.1) is 0 Å². The second-order valence-electron chi connectivity index (χ2n) is 5.57. The third-order valence-electron chi connectivity index (χ3n) is 3.95. The molecule has 1 aromatic carbocycles. The number of aryl methyl sites for hydroxylation is 2. The second-order valence-corrected chi connectivity index (χ2v) is 5.57. The fourth-order valence-electron chi connectivity index (χ4n) is 2.70. The largest absolute Gasteiger partial charge is 0.496 e. The number of pyridine rings is 1. The highest BCUT2D eigenvalue weighted by atomic mass is 17.2. The number of benzene rings is 1. The van der Waals surface area contributed by atoms with Crippen LogP contribution in [0.1, 0.15) is 21.7 Å². The van der Waals surface area contributed by atoms with Crippen LogP contribution in [0.3, 0.4) is 0 Å². The number of rotatable bonds is 8. The molecule has 0 unspecified atom stereocenters. The molecule has 0 saturated heterocycles. The molecular formula is C18H19N3O5. The van der Waals surface area contributed by atoms with Crippen molar-refractivity contribution in [3.63, 3.8) is 0 Å². The van der Waals surface area contributed by atoms with Crippen molar-refractivity contribution in [3.05, 3.63) is 53.5 Å². The van der Waals surface area contributed by atoms with Crippen molar-refractivity contribution < 1.29 is 24.4 Å². The van der Waals surface area contributed by atoms with Gasteiger partial charge in [-0.1, -0.05) is 6.07 Å². The summed E-state index contributed by atoms with van der Waals surface area (Å²) in [6, 6.07) is 8.90. The van der Waals surface area contributed by atoms with Crippen LogP contribution in [0.15, 0.2) is 36.5 Å². The summed E-state index contributed by atoms with van der Waals surface area (Å²) in [6.45, 7) is 0.842. The molecule has 0 fully saturated rings. The monoisotopic (exact) mass is 357 g/mol. The number of nitrogens with zero attached hydrogens (tertiary/aromatic N) is 3. The first-order valence-electron chi connectivity index (χ1n) is 8.00. The molecule has 0 radical (unpaired) electrons. The van der Waals surface area contributed by atoms with Gasteiger partial charge in [0, 0.05) is 12.7 Å². The van der Waals surface area contributed by atoms with Crippen LogP contribution in [0.4, 0.5) is 0 Å². The van der Waals surface area contributed by atoms with Crippen molar-refractivity contribution in [2.45, 2.75) is 19.6 Å². The summed E-state index contributed by atoms with van der Waals surface area (Å²) in [4.78, 5) is 29.5. The third-order valence-corrected chi connectivity index (χ3v) is 3.95. The highest BCUT2D eigenvalue weighted by Gasteiger charge is 2.15. The first-order chi connectivity index (χ1) is 12.6. The molecule has 0 atom stereocenters. The fourth-order valence-corrected chi connectivity index (χ4v) is 2.70. The summed E-state index contributed by atoms with van der Waals surface area (Å²) in [7, 11) is 2.90. The Morgan fingerprint density at radius 3 is 2.81 bits per heavy atom. The quantitative estimate of drug-likeness (QED) is 0.488. The Morgan fingerprint density at radius 1 is 1.23 bits per heavy atom. The minimum Gasteiger partial charge on any atom is -0.496 e. The number of aromatic carboxylic acids is 1. The maximum atomic E-state index is 11.2. The van der Waals surface area contributed by atoms with Gasteiger partial charge >= 0.3 is 5.97 Å². The molecule has 26 heavy (non-hydrogen) atoms. The smallest absolute Gasteiger partial charge is 0.339 e. The fraction of sp³-hybridized carbons (Fsp3) is 0.278. The SMILES string of the molecule is COOCc1nc2cccn(CCc3ccc(C(=O)O)c(OC)c3)c-2n1. The van der Waals surface area contributed by atoms with Crippen LogP contribution < -0.4 is 4.74 Å². The first kappa shape index (κ1) is 17.8. The molecule has 0 bridgehead atoms. The lowest BCUT2D eigenvalue weighted by Crippen LogP contribution is -2.07. The van der Waals surface area contributed by atoms with Gasteiger partial charge in [-0.2, -0.15) is 0 Å². The molecule has 3 rings (SSSR count). The van der Waals surface area contributed by atoms with E-state index in [9.17, 15) is 4.79 Å². The number of hydrogen-bond donors (Lipinski definition) is 1. The molecule has 0 spiro atoms. The highest BCUT2D eigenvalue weighted by molar-refractivity contribution is 5.90. The number of fused-ring (bicyclic) bond motifs is 1. The molecule has 136 valence electrons. The van der Waals surface area contributed by atoms with E-state index in [0.29, 0.717) is 24.5 Å². The van der Waals surface area contributed by atoms with E-state index in [-0.39, 0.29) is 12.2 Å². The van der Waals surface area contributed by atoms with E-state index in [1.54, 1.807) is 18.2 Å². The number of ether oxygens (including phenoxy) is 1. The van der Waals surface area contributed by atoms with Crippen molar-refractivity contribution in [1.82, 2.24) is 14.5 Å². The van der Waals surface area contributed by atoms with E-state index in [0.717, 1.165) is 17.1 Å². The average molecular weight is 357 g/mol. The minimum absolute atomic E-state index is 0.149. The molecule has 8 heteroatoms. The van der Waals surface area contributed by atoms with E-state index in [2.05, 4.69) is 14.9 Å². The number of imidazole rings is 1. The van der Waals surface area contributed by atoms with Gasteiger partial charge in [-0.15, -0.1) is 0 Å². The normalized spacial score (nSPS) is 11.0. The summed E-state index contributed by atoms with van der Waals surface area (Å²) in [6.07, 6.45) is 2.62. The zero-order valence-corrected chi connectivity index (χ0v) is 14.5. The molecule has 0 amide bonds. The van der Waals surface area contributed by atoms with E-state index in [1.807, 2.05) is 22.9 Å². The molecule has 2 heterocycles. The number of carboxylic acid groups (broad SMARTS) is 1. The highest BCUT2D eigenvalue weighted by Crippen LogP contribution is 2.22. The van der Waals surface area contributed by atoms with Gasteiger partial charge in [-0.05, 0) is 36.2 Å². The lowest BCUT2D eigenvalue weighted by atomic mass is 10.1. The van der Waals surface area contributed by atoms with Crippen molar-refractivity contribution >= 4 is 5.97 Å². The molecule has 1 N–H and O–H groups in total. The Kier molecular flexibility index (Phi) is 5.45. The third kappa shape index (κ3) is 3.81. The summed E-state index contributed by atoms with van der Waals surface area (Å²) in [5.41, 5.74) is 1.90. The lowest BCUT2D eigenvalue weighted by Gasteiger charge is -2.12. The summed E-state index contributed by atoms with van der Waals surface area (Å²) in [5, 5.41) is 9.16. The van der Waals surface area contributed by atoms with Crippen molar-refractivity contribution in [2.24, 2.45) is 0 Å². The number of carbonyl (C=O) groups is 1. The van der Waals surface area contributed by atoms with E-state index in [4.69, 9.17) is 14.7 Å². The molecule has 0 saturated carbocycles. The predicted octanol–water partition coefficient (Wildman–Crippen LogP) is 2.41. The van der Waals surface area contributed by atoms with Gasteiger partial charge in [0.2, 0.25) is 0 Å². The average Bonchev–Trinajstić information content (AvgIpc) is 3.07. The van der Waals surface area contributed by atoms with E-state index >= 15 is 0 Å². The van der Waals surface area contributed by atoms with Gasteiger partial charge in [0.15, 0.2) is 11.6 Å². The maximum Gasteiger partial charge on any atom is 0.339 e. The maximum absolute atomic E-state index is 11.2. The number of methoxy groups -OCH3 is 1. The lowest BCUT2D eigenvalue weighted by molar-refractivity contribution is -0.283. The Bertz CT molecular complexity index is 877. The minimum atomic E-state index is -1.01. The Morgan fingerprint density at radius 2 is 2.08 bits per heavy atom. The van der Waals surface area contributed by atoms with Crippen molar-refractivity contribution in [3.8, 4) is 17.3 Å². The van der Waals surface area contributed by atoms with E-state index < -0.39 is 5.97 Å². The van der Waals surface area contributed by atoms with Crippen LogP contribution in [0.2, 0.25) is 0 Å². The predicted molar refractivity (Wildman–Crippen MR) is 92.1 cm³/mol. The first-order valence-corrected chi connectivity index (χ1v) is 8.00. The molecule has 1 aromatic rings. The number of hydrogen-bond acceptors (Lipinski definition) is 6. The van der Waals surface area contributed by atoms with Gasteiger partial charge in [-0.3, -0.25) is 0 Å². The van der Waals surface area contributed by atoms with E-state index in [1.165, 1.54) is 14.2 Å². The van der Waals surface area contributed by atoms with Crippen LogP contribution in [-0.4, -0.2) is 39.8 Å². The van der Waals surface area contributed by atoms with Gasteiger partial charge < -0.3 is 14.4 Å². The van der Waals surface area contributed by atoms with Crippen LogP contribution >= 0.6 is 0 Å². The zero-order chi connectivity index (χ0) is 18.5. The Hall–Kier alpha value is -2.97. The van der Waals surface area contributed by atoms with Gasteiger partial charge in [-0.25, -0.2) is 24.5 Å². The number of aromatic nitrogens is 3. The standard InChI is InChI=1S/C18H19N3O5/c1-24-15-10-12(5-6-13(15)18(22)23)7-9-21-8-3-4-14-17(21)20-16(19-14)11-26-25-2/h3-6,8,10H,7,9,11H2,1-2H3,(H,22,23). The van der Waals surface area contributed by atoms with Gasteiger partial charge in [0.05, 0.1) is 14.2 Å². The van der Waals surface area contributed by atoms with Crippen molar-refractivity contribution in [2.75, 3.05) is 14.2 Å². The molecule has 2 aliphatic heterocycles. The molecule has 2 aliphatic rings. The zero-order valence-electron chi connectivity index (χ0n) is 14.5. The Balaban J connectivity index is 1.77. The second kappa shape index (κ2) is 7.94. The van der Waals surface area contributed by atoms with Crippen LogP contribution in [0.25, 0.3) is 11.5 Å². The molecule has 0 aliphatic carbocycles. The summed E-state index contributed by atoms with van der Waals surface area (Å²) >= 11 is 0. The number of carboxylic acids is 1.